The zero-order valence-corrected chi connectivity index (χ0v) is 13.1. The van der Waals surface area contributed by atoms with E-state index >= 15 is 0 Å². The molecule has 20 heavy (non-hydrogen) atoms. The molecule has 0 fully saturated rings. The monoisotopic (exact) mass is 331 g/mol. The van der Waals surface area contributed by atoms with Crippen molar-refractivity contribution in [2.24, 2.45) is 10.9 Å². The molecule has 2 aromatic carbocycles. The molecule has 101 valence electrons. The Balaban J connectivity index is 2.13. The number of hydrogen-bond donors (Lipinski definition) is 0. The van der Waals surface area contributed by atoms with Gasteiger partial charge in [-0.15, -0.1) is 0 Å². The Morgan fingerprint density at radius 1 is 1.15 bits per heavy atom. The van der Waals surface area contributed by atoms with Gasteiger partial charge < -0.3 is 0 Å². The van der Waals surface area contributed by atoms with Crippen molar-refractivity contribution in [2.45, 2.75) is 19.9 Å². The van der Waals surface area contributed by atoms with Crippen LogP contribution in [-0.2, 0) is 4.79 Å². The van der Waals surface area contributed by atoms with Crippen LogP contribution in [0.1, 0.15) is 13.8 Å². The molecule has 0 bridgehead atoms. The Kier molecular flexibility index (Phi) is 3.36. The zero-order valence-electron chi connectivity index (χ0n) is 11.4. The molecule has 1 radical (unpaired) electrons. The molecular formula is C16H15N2OSe. The first-order chi connectivity index (χ1) is 9.59. The fourth-order valence-corrected chi connectivity index (χ4v) is 3.15. The molecule has 0 saturated carbocycles. The first-order valence-electron chi connectivity index (χ1n) is 6.66. The predicted octanol–water partition coefficient (Wildman–Crippen LogP) is 2.74. The standard InChI is InChI=1S/C16H15N2OSe/c1-10(2)14-15(19)18(16(20)17-14)13-9-5-7-11-6-3-4-8-12(11)13/h3-10,14H,1-2H3/t14-/m0/s1. The van der Waals surface area contributed by atoms with Crippen molar-refractivity contribution in [3.63, 3.8) is 0 Å². The predicted molar refractivity (Wildman–Crippen MR) is 83.2 cm³/mol. The number of fused-ring (bicyclic) bond motifs is 1. The number of nitrogens with zero attached hydrogens (tertiary/aromatic N) is 2. The maximum atomic E-state index is 12.6. The molecule has 3 nitrogen and oxygen atoms in total. The van der Waals surface area contributed by atoms with Crippen LogP contribution in [0.4, 0.5) is 5.69 Å². The minimum atomic E-state index is -0.287. The SMILES string of the molecule is CC(C)[C@@H]1N=C([Se])N(c2cccc3ccccc23)C1=O. The molecule has 0 spiro atoms. The van der Waals surface area contributed by atoms with E-state index in [9.17, 15) is 4.79 Å². The third-order valence-corrected chi connectivity index (χ3v) is 4.16. The molecule has 1 atom stereocenters. The number of aliphatic imine (C=N–C) groups is 1. The molecule has 1 aliphatic rings. The van der Waals surface area contributed by atoms with Crippen molar-refractivity contribution >= 4 is 43.1 Å². The van der Waals surface area contributed by atoms with Gasteiger partial charge in [0.25, 0.3) is 0 Å². The van der Waals surface area contributed by atoms with E-state index < -0.39 is 0 Å². The van der Waals surface area contributed by atoms with Crippen LogP contribution in [0.2, 0.25) is 0 Å². The van der Waals surface area contributed by atoms with E-state index in [1.54, 1.807) is 4.90 Å². The van der Waals surface area contributed by atoms with Crippen LogP contribution in [-0.4, -0.2) is 32.7 Å². The van der Waals surface area contributed by atoms with Crippen molar-refractivity contribution in [2.75, 3.05) is 4.90 Å². The third-order valence-electron chi connectivity index (χ3n) is 3.55. The Bertz CT molecular complexity index is 703. The Morgan fingerprint density at radius 3 is 2.55 bits per heavy atom. The summed E-state index contributed by atoms with van der Waals surface area (Å²) in [6.45, 7) is 4.04. The molecule has 0 N–H and O–H groups in total. The average molecular weight is 330 g/mol. The normalized spacial score (nSPS) is 18.9. The van der Waals surface area contributed by atoms with Crippen LogP contribution in [0.5, 0.6) is 0 Å². The first kappa shape index (κ1) is 13.3. The molecule has 1 aliphatic heterocycles. The Labute approximate surface area is 126 Å². The topological polar surface area (TPSA) is 32.7 Å². The summed E-state index contributed by atoms with van der Waals surface area (Å²) in [5.41, 5.74) is 0.897. The molecule has 1 amide bonds. The molecule has 1 heterocycles. The summed E-state index contributed by atoms with van der Waals surface area (Å²) >= 11 is 2.92. The molecule has 0 saturated heterocycles. The van der Waals surface area contributed by atoms with Gasteiger partial charge in [0.15, 0.2) is 0 Å². The summed E-state index contributed by atoms with van der Waals surface area (Å²) in [5, 5.41) is 2.19. The molecule has 0 aromatic heterocycles. The number of anilines is 1. The summed E-state index contributed by atoms with van der Waals surface area (Å²) in [5.74, 6) is 0.246. The molecule has 0 unspecified atom stereocenters. The second-order valence-corrected chi connectivity index (χ2v) is 6.04. The number of benzene rings is 2. The number of amidine groups is 1. The van der Waals surface area contributed by atoms with Crippen molar-refractivity contribution < 1.29 is 4.79 Å². The van der Waals surface area contributed by atoms with Crippen molar-refractivity contribution in [1.82, 2.24) is 0 Å². The van der Waals surface area contributed by atoms with Gasteiger partial charge in [-0.1, -0.05) is 0 Å². The number of amides is 1. The van der Waals surface area contributed by atoms with E-state index in [-0.39, 0.29) is 17.9 Å². The van der Waals surface area contributed by atoms with Crippen molar-refractivity contribution in [3.8, 4) is 0 Å². The summed E-state index contributed by atoms with van der Waals surface area (Å²) in [6.07, 6.45) is 0. The number of rotatable bonds is 2. The molecule has 3 rings (SSSR count). The fourth-order valence-electron chi connectivity index (χ4n) is 2.52. The summed E-state index contributed by atoms with van der Waals surface area (Å²) in [6, 6.07) is 13.8. The maximum absolute atomic E-state index is 12.6. The van der Waals surface area contributed by atoms with Gasteiger partial charge in [0.1, 0.15) is 0 Å². The van der Waals surface area contributed by atoms with Crippen molar-refractivity contribution in [3.05, 3.63) is 42.5 Å². The van der Waals surface area contributed by atoms with Crippen LogP contribution in [0.25, 0.3) is 10.8 Å². The average Bonchev–Trinajstić information content (AvgIpc) is 2.74. The minimum absolute atomic E-state index is 0.0464. The molecule has 0 aliphatic carbocycles. The van der Waals surface area contributed by atoms with Gasteiger partial charge in [0.05, 0.1) is 0 Å². The van der Waals surface area contributed by atoms with Gasteiger partial charge in [0.2, 0.25) is 0 Å². The second kappa shape index (κ2) is 5.04. The van der Waals surface area contributed by atoms with Gasteiger partial charge >= 0.3 is 126 Å². The van der Waals surface area contributed by atoms with Crippen LogP contribution >= 0.6 is 0 Å². The van der Waals surface area contributed by atoms with Gasteiger partial charge in [-0.2, -0.15) is 0 Å². The van der Waals surface area contributed by atoms with Crippen LogP contribution in [0.3, 0.4) is 0 Å². The summed E-state index contributed by atoms with van der Waals surface area (Å²) in [4.78, 5) is 18.8. The van der Waals surface area contributed by atoms with E-state index in [0.717, 1.165) is 16.5 Å². The Morgan fingerprint density at radius 2 is 1.85 bits per heavy atom. The quantitative estimate of drug-likeness (QED) is 0.780. The van der Waals surface area contributed by atoms with Gasteiger partial charge in [-0.3, -0.25) is 0 Å². The van der Waals surface area contributed by atoms with E-state index in [2.05, 4.69) is 33.1 Å². The van der Waals surface area contributed by atoms with E-state index in [1.165, 1.54) is 0 Å². The number of carbonyl (C=O) groups is 1. The molecular weight excluding hydrogens is 315 g/mol. The second-order valence-electron chi connectivity index (χ2n) is 5.27. The van der Waals surface area contributed by atoms with E-state index in [1.807, 2.05) is 44.2 Å². The zero-order chi connectivity index (χ0) is 14.3. The molecule has 4 heteroatoms. The third kappa shape index (κ3) is 2.05. The number of carbonyl (C=O) groups excluding carboxylic acids is 1. The van der Waals surface area contributed by atoms with Crippen LogP contribution < -0.4 is 4.90 Å². The van der Waals surface area contributed by atoms with Gasteiger partial charge in [-0.25, -0.2) is 0 Å². The van der Waals surface area contributed by atoms with E-state index in [4.69, 9.17) is 0 Å². The van der Waals surface area contributed by atoms with Gasteiger partial charge in [-0.05, 0) is 0 Å². The Hall–Kier alpha value is -1.64. The fraction of sp³-hybridized carbons (Fsp3) is 0.250. The van der Waals surface area contributed by atoms with E-state index in [0.29, 0.717) is 4.73 Å². The molecule has 2 aromatic rings. The van der Waals surface area contributed by atoms with Gasteiger partial charge in [0, 0.05) is 0 Å². The summed E-state index contributed by atoms with van der Waals surface area (Å²) in [7, 11) is 0. The first-order valence-corrected chi connectivity index (χ1v) is 7.52. The van der Waals surface area contributed by atoms with Crippen LogP contribution in [0.15, 0.2) is 47.5 Å². The number of hydrogen-bond acceptors (Lipinski definition) is 2. The van der Waals surface area contributed by atoms with Crippen molar-refractivity contribution in [1.29, 1.82) is 0 Å². The summed E-state index contributed by atoms with van der Waals surface area (Å²) < 4.78 is 0.657. The van der Waals surface area contributed by atoms with Crippen LogP contribution in [0, 0.1) is 5.92 Å².